The van der Waals surface area contributed by atoms with E-state index < -0.39 is 0 Å². The van der Waals surface area contributed by atoms with E-state index in [1.165, 1.54) is 11.3 Å². The van der Waals surface area contributed by atoms with Crippen molar-refractivity contribution in [3.8, 4) is 0 Å². The third kappa shape index (κ3) is 2.26. The van der Waals surface area contributed by atoms with Crippen LogP contribution in [-0.4, -0.2) is 25.9 Å². The Bertz CT molecular complexity index is 350. The van der Waals surface area contributed by atoms with E-state index in [4.69, 9.17) is 26.8 Å². The summed E-state index contributed by atoms with van der Waals surface area (Å²) in [6.45, 7) is 1.42. The van der Waals surface area contributed by atoms with Crippen molar-refractivity contribution >= 4 is 22.9 Å². The lowest BCUT2D eigenvalue weighted by Crippen LogP contribution is -2.47. The van der Waals surface area contributed by atoms with Crippen molar-refractivity contribution in [1.29, 1.82) is 0 Å². The predicted molar refractivity (Wildman–Crippen MR) is 66.1 cm³/mol. The topological polar surface area (TPSA) is 44.5 Å². The minimum Gasteiger partial charge on any atom is -0.381 e. The minimum atomic E-state index is -0.299. The Morgan fingerprint density at radius 3 is 2.69 bits per heavy atom. The Morgan fingerprint density at radius 1 is 1.50 bits per heavy atom. The van der Waals surface area contributed by atoms with Gasteiger partial charge in [-0.2, -0.15) is 0 Å². The summed E-state index contributed by atoms with van der Waals surface area (Å²) in [6.07, 6.45) is 1.67. The van der Waals surface area contributed by atoms with E-state index in [1.807, 2.05) is 12.1 Å². The van der Waals surface area contributed by atoms with Crippen LogP contribution in [0.3, 0.4) is 0 Å². The second kappa shape index (κ2) is 5.02. The van der Waals surface area contributed by atoms with Gasteiger partial charge in [0.25, 0.3) is 0 Å². The fourth-order valence-corrected chi connectivity index (χ4v) is 3.28. The van der Waals surface area contributed by atoms with Gasteiger partial charge in [0.15, 0.2) is 0 Å². The number of halogens is 1. The van der Waals surface area contributed by atoms with Gasteiger partial charge in [-0.3, -0.25) is 0 Å². The standard InChI is InChI=1S/C11H16ClNO2S/c1-14-11(4-6-15-7-5-11)10(13)8-2-3-9(12)16-8/h2-3,10H,4-7,13H2,1H3. The molecule has 1 aliphatic rings. The van der Waals surface area contributed by atoms with Gasteiger partial charge in [0.1, 0.15) is 0 Å². The Balaban J connectivity index is 2.20. The van der Waals surface area contributed by atoms with Gasteiger partial charge in [0.2, 0.25) is 0 Å². The van der Waals surface area contributed by atoms with Crippen LogP contribution in [0.15, 0.2) is 12.1 Å². The maximum absolute atomic E-state index is 6.30. The summed E-state index contributed by atoms with van der Waals surface area (Å²) >= 11 is 7.45. The molecule has 0 radical (unpaired) electrons. The maximum atomic E-state index is 6.30. The van der Waals surface area contributed by atoms with Crippen LogP contribution in [0.4, 0.5) is 0 Å². The van der Waals surface area contributed by atoms with E-state index in [0.29, 0.717) is 13.2 Å². The summed E-state index contributed by atoms with van der Waals surface area (Å²) in [5.41, 5.74) is 6.00. The lowest BCUT2D eigenvalue weighted by Gasteiger charge is -2.40. The number of rotatable bonds is 3. The van der Waals surface area contributed by atoms with Gasteiger partial charge in [-0.1, -0.05) is 11.6 Å². The summed E-state index contributed by atoms with van der Waals surface area (Å²) in [5.74, 6) is 0. The number of ether oxygens (including phenoxy) is 2. The molecule has 5 heteroatoms. The number of hydrogen-bond donors (Lipinski definition) is 1. The molecular weight excluding hydrogens is 246 g/mol. The average Bonchev–Trinajstić information content (AvgIpc) is 2.76. The fraction of sp³-hybridized carbons (Fsp3) is 0.636. The molecule has 90 valence electrons. The largest absolute Gasteiger partial charge is 0.381 e. The molecule has 1 aliphatic heterocycles. The quantitative estimate of drug-likeness (QED) is 0.910. The SMILES string of the molecule is COC1(C(N)c2ccc(Cl)s2)CCOCC1. The smallest absolute Gasteiger partial charge is 0.0931 e. The van der Waals surface area contributed by atoms with Crippen LogP contribution < -0.4 is 5.73 Å². The van der Waals surface area contributed by atoms with Crippen molar-refractivity contribution in [3.63, 3.8) is 0 Å². The molecule has 3 nitrogen and oxygen atoms in total. The van der Waals surface area contributed by atoms with Crippen LogP contribution in [0, 0.1) is 0 Å². The zero-order valence-electron chi connectivity index (χ0n) is 9.24. The van der Waals surface area contributed by atoms with Crippen molar-refractivity contribution in [2.75, 3.05) is 20.3 Å². The summed E-state index contributed by atoms with van der Waals surface area (Å²) < 4.78 is 11.8. The normalized spacial score (nSPS) is 21.9. The zero-order chi connectivity index (χ0) is 11.6. The number of thiophene rings is 1. The molecule has 2 heterocycles. The first kappa shape index (κ1) is 12.3. The monoisotopic (exact) mass is 261 g/mol. The molecule has 1 unspecified atom stereocenters. The van der Waals surface area contributed by atoms with Gasteiger partial charge in [-0.25, -0.2) is 0 Å². The van der Waals surface area contributed by atoms with Gasteiger partial charge in [-0.05, 0) is 12.1 Å². The van der Waals surface area contributed by atoms with E-state index in [1.54, 1.807) is 7.11 Å². The molecule has 2 N–H and O–H groups in total. The Kier molecular flexibility index (Phi) is 3.87. The molecule has 1 fully saturated rings. The van der Waals surface area contributed by atoms with Crippen molar-refractivity contribution in [3.05, 3.63) is 21.3 Å². The van der Waals surface area contributed by atoms with E-state index in [2.05, 4.69) is 0 Å². The minimum absolute atomic E-state index is 0.126. The highest BCUT2D eigenvalue weighted by Crippen LogP contribution is 2.39. The molecule has 0 aliphatic carbocycles. The highest BCUT2D eigenvalue weighted by Gasteiger charge is 2.40. The summed E-state index contributed by atoms with van der Waals surface area (Å²) in [5, 5.41) is 0. The second-order valence-corrected chi connectivity index (χ2v) is 5.75. The molecule has 0 amide bonds. The fourth-order valence-electron chi connectivity index (χ4n) is 2.11. The molecule has 1 aromatic heterocycles. The molecule has 0 saturated carbocycles. The van der Waals surface area contributed by atoms with Gasteiger partial charge in [-0.15, -0.1) is 11.3 Å². The second-order valence-electron chi connectivity index (χ2n) is 4.00. The predicted octanol–water partition coefficient (Wildman–Crippen LogP) is 2.60. The first-order valence-electron chi connectivity index (χ1n) is 5.32. The third-order valence-corrected chi connectivity index (χ3v) is 4.53. The van der Waals surface area contributed by atoms with Crippen molar-refractivity contribution < 1.29 is 9.47 Å². The van der Waals surface area contributed by atoms with Crippen LogP contribution in [-0.2, 0) is 9.47 Å². The number of nitrogens with two attached hydrogens (primary N) is 1. The molecule has 1 atom stereocenters. The molecular formula is C11H16ClNO2S. The molecule has 0 aromatic carbocycles. The molecule has 1 saturated heterocycles. The van der Waals surface area contributed by atoms with Crippen LogP contribution in [0.5, 0.6) is 0 Å². The number of methoxy groups -OCH3 is 1. The Labute approximate surface area is 104 Å². The Morgan fingerprint density at radius 2 is 2.19 bits per heavy atom. The van der Waals surface area contributed by atoms with Crippen molar-refractivity contribution in [1.82, 2.24) is 0 Å². The first-order valence-corrected chi connectivity index (χ1v) is 6.51. The molecule has 2 rings (SSSR count). The van der Waals surface area contributed by atoms with Crippen molar-refractivity contribution in [2.45, 2.75) is 24.5 Å². The highest BCUT2D eigenvalue weighted by atomic mass is 35.5. The summed E-state index contributed by atoms with van der Waals surface area (Å²) in [4.78, 5) is 1.08. The Hall–Kier alpha value is -0.130. The van der Waals surface area contributed by atoms with E-state index in [-0.39, 0.29) is 11.6 Å². The van der Waals surface area contributed by atoms with E-state index >= 15 is 0 Å². The van der Waals surface area contributed by atoms with Gasteiger partial charge >= 0.3 is 0 Å². The third-order valence-electron chi connectivity index (χ3n) is 3.21. The van der Waals surface area contributed by atoms with Gasteiger partial charge in [0, 0.05) is 38.0 Å². The average molecular weight is 262 g/mol. The van der Waals surface area contributed by atoms with Gasteiger partial charge in [0.05, 0.1) is 16.0 Å². The van der Waals surface area contributed by atoms with Crippen LogP contribution >= 0.6 is 22.9 Å². The van der Waals surface area contributed by atoms with Crippen LogP contribution in [0.1, 0.15) is 23.8 Å². The first-order chi connectivity index (χ1) is 7.68. The van der Waals surface area contributed by atoms with Crippen LogP contribution in [0.25, 0.3) is 0 Å². The molecule has 1 aromatic rings. The van der Waals surface area contributed by atoms with Gasteiger partial charge < -0.3 is 15.2 Å². The van der Waals surface area contributed by atoms with Crippen molar-refractivity contribution in [2.24, 2.45) is 5.73 Å². The molecule has 0 spiro atoms. The number of hydrogen-bond acceptors (Lipinski definition) is 4. The van der Waals surface area contributed by atoms with E-state index in [0.717, 1.165) is 22.1 Å². The lowest BCUT2D eigenvalue weighted by molar-refractivity contribution is -0.104. The summed E-state index contributed by atoms with van der Waals surface area (Å²) in [6, 6.07) is 3.73. The molecule has 16 heavy (non-hydrogen) atoms. The maximum Gasteiger partial charge on any atom is 0.0931 e. The lowest BCUT2D eigenvalue weighted by atomic mass is 9.85. The van der Waals surface area contributed by atoms with E-state index in [9.17, 15) is 0 Å². The molecule has 0 bridgehead atoms. The highest BCUT2D eigenvalue weighted by molar-refractivity contribution is 7.16. The van der Waals surface area contributed by atoms with Crippen LogP contribution in [0.2, 0.25) is 4.34 Å². The zero-order valence-corrected chi connectivity index (χ0v) is 10.8. The summed E-state index contributed by atoms with van der Waals surface area (Å²) in [7, 11) is 1.72.